The van der Waals surface area contributed by atoms with E-state index in [1.807, 2.05) is 0 Å². The second-order valence-corrected chi connectivity index (χ2v) is 6.05. The van der Waals surface area contributed by atoms with Crippen molar-refractivity contribution in [2.24, 2.45) is 5.10 Å². The third-order valence-electron chi connectivity index (χ3n) is 3.56. The minimum Gasteiger partial charge on any atom is -0.267 e. The van der Waals surface area contributed by atoms with Crippen molar-refractivity contribution in [1.82, 2.24) is 15.6 Å². The van der Waals surface area contributed by atoms with Gasteiger partial charge in [0.25, 0.3) is 11.5 Å². The molecule has 1 heterocycles. The van der Waals surface area contributed by atoms with Crippen LogP contribution < -0.4 is 11.0 Å². The zero-order chi connectivity index (χ0) is 18.0. The smallest absolute Gasteiger partial charge is 0.267 e. The van der Waals surface area contributed by atoms with Crippen molar-refractivity contribution in [1.29, 1.82) is 0 Å². The minimum atomic E-state index is -0.545. The molecule has 8 heteroatoms. The van der Waals surface area contributed by atoms with E-state index in [1.165, 1.54) is 0 Å². The molecule has 1 aromatic heterocycles. The van der Waals surface area contributed by atoms with Crippen LogP contribution in [0, 0.1) is 0 Å². The summed E-state index contributed by atoms with van der Waals surface area (Å²) in [6.45, 7) is 1.70. The van der Waals surface area contributed by atoms with E-state index in [0.717, 1.165) is 0 Å². The normalized spacial score (nSPS) is 11.6. The van der Waals surface area contributed by atoms with Crippen LogP contribution in [0.1, 0.15) is 23.0 Å². The Morgan fingerprint density at radius 1 is 1.16 bits per heavy atom. The number of fused-ring (bicyclic) bond motifs is 1. The fourth-order valence-corrected chi connectivity index (χ4v) is 2.86. The maximum Gasteiger partial charge on any atom is 0.292 e. The van der Waals surface area contributed by atoms with Gasteiger partial charge in [0.15, 0.2) is 5.69 Å². The standard InChI is InChI=1S/C17H12Cl2N4O2/c1-9(11-7-6-10(18)8-14(11)19)20-23-17(25)15-12-4-2-3-5-13(12)16(24)22-21-15/h2-8H,1H3,(H,22,24)(H,23,25)/b20-9+. The van der Waals surface area contributed by atoms with Crippen molar-refractivity contribution in [3.05, 3.63) is 74.1 Å². The number of carbonyl (C=O) groups is 1. The van der Waals surface area contributed by atoms with Crippen LogP contribution in [0.5, 0.6) is 0 Å². The zero-order valence-corrected chi connectivity index (χ0v) is 14.5. The Labute approximate surface area is 152 Å². The molecule has 0 unspecified atom stereocenters. The second-order valence-electron chi connectivity index (χ2n) is 5.21. The molecule has 3 rings (SSSR count). The van der Waals surface area contributed by atoms with Gasteiger partial charge < -0.3 is 0 Å². The molecule has 0 radical (unpaired) electrons. The summed E-state index contributed by atoms with van der Waals surface area (Å²) >= 11 is 12.0. The topological polar surface area (TPSA) is 87.2 Å². The van der Waals surface area contributed by atoms with Crippen LogP contribution >= 0.6 is 23.2 Å². The van der Waals surface area contributed by atoms with E-state index >= 15 is 0 Å². The van der Waals surface area contributed by atoms with Crippen molar-refractivity contribution in [3.8, 4) is 0 Å². The maximum atomic E-state index is 12.4. The van der Waals surface area contributed by atoms with Crippen molar-refractivity contribution in [2.45, 2.75) is 6.92 Å². The highest BCUT2D eigenvalue weighted by Crippen LogP contribution is 2.21. The number of H-pyrrole nitrogens is 1. The molecule has 126 valence electrons. The van der Waals surface area contributed by atoms with Crippen LogP contribution in [-0.2, 0) is 0 Å². The van der Waals surface area contributed by atoms with E-state index in [-0.39, 0.29) is 11.3 Å². The number of aromatic nitrogens is 2. The molecule has 0 atom stereocenters. The largest absolute Gasteiger partial charge is 0.292 e. The van der Waals surface area contributed by atoms with Gasteiger partial charge in [0.1, 0.15) is 0 Å². The van der Waals surface area contributed by atoms with Gasteiger partial charge in [-0.3, -0.25) is 9.59 Å². The van der Waals surface area contributed by atoms with Gasteiger partial charge in [-0.15, -0.1) is 0 Å². The molecule has 6 nitrogen and oxygen atoms in total. The number of benzene rings is 2. The lowest BCUT2D eigenvalue weighted by molar-refractivity contribution is 0.0950. The highest BCUT2D eigenvalue weighted by molar-refractivity contribution is 6.37. The Kier molecular flexibility index (Phi) is 4.83. The SMILES string of the molecule is C/C(=N\NC(=O)c1n[nH]c(=O)c2ccccc12)c1ccc(Cl)cc1Cl. The number of amides is 1. The Morgan fingerprint density at radius 3 is 2.60 bits per heavy atom. The van der Waals surface area contributed by atoms with E-state index in [9.17, 15) is 9.59 Å². The van der Waals surface area contributed by atoms with E-state index in [1.54, 1.807) is 49.4 Å². The van der Waals surface area contributed by atoms with Gasteiger partial charge in [0.05, 0.1) is 16.1 Å². The fourth-order valence-electron chi connectivity index (χ4n) is 2.32. The van der Waals surface area contributed by atoms with E-state index in [4.69, 9.17) is 23.2 Å². The van der Waals surface area contributed by atoms with Crippen LogP contribution in [-0.4, -0.2) is 21.8 Å². The molecular weight excluding hydrogens is 363 g/mol. The van der Waals surface area contributed by atoms with Crippen LogP contribution in [0.25, 0.3) is 10.8 Å². The highest BCUT2D eigenvalue weighted by Gasteiger charge is 2.14. The van der Waals surface area contributed by atoms with Crippen molar-refractivity contribution < 1.29 is 4.79 Å². The van der Waals surface area contributed by atoms with Crippen LogP contribution in [0.3, 0.4) is 0 Å². The third kappa shape index (κ3) is 3.55. The van der Waals surface area contributed by atoms with Crippen molar-refractivity contribution >= 4 is 45.6 Å². The summed E-state index contributed by atoms with van der Waals surface area (Å²) in [4.78, 5) is 24.2. The second kappa shape index (κ2) is 7.04. The highest BCUT2D eigenvalue weighted by atomic mass is 35.5. The number of nitrogens with zero attached hydrogens (tertiary/aromatic N) is 2. The lowest BCUT2D eigenvalue weighted by Gasteiger charge is -2.06. The maximum absolute atomic E-state index is 12.4. The predicted octanol–water partition coefficient (Wildman–Crippen LogP) is 3.38. The number of hydrogen-bond acceptors (Lipinski definition) is 4. The van der Waals surface area contributed by atoms with Crippen molar-refractivity contribution in [3.63, 3.8) is 0 Å². The summed E-state index contributed by atoms with van der Waals surface area (Å²) in [7, 11) is 0. The summed E-state index contributed by atoms with van der Waals surface area (Å²) in [5, 5.41) is 11.9. The van der Waals surface area contributed by atoms with Crippen LogP contribution in [0.15, 0.2) is 52.4 Å². The van der Waals surface area contributed by atoms with Gasteiger partial charge in [-0.1, -0.05) is 47.5 Å². The molecule has 25 heavy (non-hydrogen) atoms. The molecule has 0 bridgehead atoms. The summed E-state index contributed by atoms with van der Waals surface area (Å²) in [5.74, 6) is -0.545. The number of halogens is 2. The molecule has 2 aromatic carbocycles. The van der Waals surface area contributed by atoms with Gasteiger partial charge in [-0.2, -0.15) is 10.2 Å². The van der Waals surface area contributed by atoms with Crippen LogP contribution in [0.2, 0.25) is 10.0 Å². The van der Waals surface area contributed by atoms with Crippen molar-refractivity contribution in [2.75, 3.05) is 0 Å². The van der Waals surface area contributed by atoms with Gasteiger partial charge in [0.2, 0.25) is 0 Å². The molecular formula is C17H12Cl2N4O2. The molecule has 0 aliphatic heterocycles. The molecule has 1 amide bonds. The number of nitrogens with one attached hydrogen (secondary N) is 2. The zero-order valence-electron chi connectivity index (χ0n) is 13.0. The first-order valence-corrected chi connectivity index (χ1v) is 8.00. The number of rotatable bonds is 3. The van der Waals surface area contributed by atoms with Gasteiger partial charge >= 0.3 is 0 Å². The number of aromatic amines is 1. The van der Waals surface area contributed by atoms with Gasteiger partial charge in [-0.25, -0.2) is 10.5 Å². The Bertz CT molecular complexity index is 1060. The molecule has 0 spiro atoms. The lowest BCUT2D eigenvalue weighted by atomic mass is 10.1. The minimum absolute atomic E-state index is 0.0777. The molecule has 3 aromatic rings. The molecule has 2 N–H and O–H groups in total. The van der Waals surface area contributed by atoms with E-state index in [0.29, 0.717) is 32.1 Å². The summed E-state index contributed by atoms with van der Waals surface area (Å²) in [6.07, 6.45) is 0. The average molecular weight is 375 g/mol. The quantitative estimate of drug-likeness (QED) is 0.544. The Balaban J connectivity index is 1.90. The fraction of sp³-hybridized carbons (Fsp3) is 0.0588. The molecule has 0 saturated heterocycles. The first kappa shape index (κ1) is 17.1. The first-order chi connectivity index (χ1) is 12.0. The van der Waals surface area contributed by atoms with Crippen LogP contribution in [0.4, 0.5) is 0 Å². The number of hydrogen-bond donors (Lipinski definition) is 2. The average Bonchev–Trinajstić information content (AvgIpc) is 2.60. The lowest BCUT2D eigenvalue weighted by Crippen LogP contribution is -2.23. The Hall–Kier alpha value is -2.70. The third-order valence-corrected chi connectivity index (χ3v) is 4.11. The molecule has 0 aliphatic rings. The molecule has 0 fully saturated rings. The van der Waals surface area contributed by atoms with E-state index in [2.05, 4.69) is 20.7 Å². The van der Waals surface area contributed by atoms with E-state index < -0.39 is 5.91 Å². The Morgan fingerprint density at radius 2 is 1.88 bits per heavy atom. The number of hydrazone groups is 1. The first-order valence-electron chi connectivity index (χ1n) is 7.25. The summed E-state index contributed by atoms with van der Waals surface area (Å²) in [6, 6.07) is 11.7. The summed E-state index contributed by atoms with van der Waals surface area (Å²) in [5.41, 5.74) is 3.29. The monoisotopic (exact) mass is 374 g/mol. The molecule has 0 aliphatic carbocycles. The van der Waals surface area contributed by atoms with Gasteiger partial charge in [0, 0.05) is 16.0 Å². The van der Waals surface area contributed by atoms with Gasteiger partial charge in [-0.05, 0) is 25.1 Å². The predicted molar refractivity (Wildman–Crippen MR) is 98.5 cm³/mol. The molecule has 0 saturated carbocycles. The summed E-state index contributed by atoms with van der Waals surface area (Å²) < 4.78 is 0. The number of carbonyl (C=O) groups excluding carboxylic acids is 1.